The Morgan fingerprint density at radius 1 is 1.57 bits per heavy atom. The van der Waals surface area contributed by atoms with Gasteiger partial charge in [0, 0.05) is 18.1 Å². The molecule has 1 aromatic heterocycles. The number of hydrogen-bond acceptors (Lipinski definition) is 5. The Hall–Kier alpha value is -0.550. The highest BCUT2D eigenvalue weighted by Crippen LogP contribution is 2.31. The molecule has 1 aliphatic heterocycles. The van der Waals surface area contributed by atoms with E-state index in [9.17, 15) is 0 Å². The molecule has 0 saturated carbocycles. The first-order valence-electron chi connectivity index (χ1n) is 5.00. The van der Waals surface area contributed by atoms with Gasteiger partial charge in [-0.15, -0.1) is 0 Å². The van der Waals surface area contributed by atoms with Gasteiger partial charge in [0.15, 0.2) is 5.82 Å². The molecule has 4 nitrogen and oxygen atoms in total. The van der Waals surface area contributed by atoms with Gasteiger partial charge in [-0.05, 0) is 25.1 Å². The third kappa shape index (κ3) is 2.27. The lowest BCUT2D eigenvalue weighted by atomic mass is 10.1. The first kappa shape index (κ1) is 9.98. The molecule has 1 saturated heterocycles. The Morgan fingerprint density at radius 3 is 3.21 bits per heavy atom. The first-order chi connectivity index (χ1) is 6.90. The number of nitrogens with zero attached hydrogens (tertiary/aromatic N) is 2. The van der Waals surface area contributed by atoms with E-state index in [2.05, 4.69) is 10.1 Å². The summed E-state index contributed by atoms with van der Waals surface area (Å²) >= 11 is 1.96. The van der Waals surface area contributed by atoms with Gasteiger partial charge >= 0.3 is 0 Å². The van der Waals surface area contributed by atoms with Gasteiger partial charge in [-0.25, -0.2) is 0 Å². The molecule has 0 radical (unpaired) electrons. The summed E-state index contributed by atoms with van der Waals surface area (Å²) in [5.74, 6) is 4.45. The van der Waals surface area contributed by atoms with Crippen molar-refractivity contribution in [1.29, 1.82) is 0 Å². The summed E-state index contributed by atoms with van der Waals surface area (Å²) in [7, 11) is 0. The third-order valence-corrected chi connectivity index (χ3v) is 3.53. The van der Waals surface area contributed by atoms with Gasteiger partial charge in [-0.3, -0.25) is 0 Å². The fourth-order valence-electron chi connectivity index (χ4n) is 1.52. The highest BCUT2D eigenvalue weighted by atomic mass is 32.2. The maximum Gasteiger partial charge on any atom is 0.230 e. The van der Waals surface area contributed by atoms with Gasteiger partial charge < -0.3 is 10.3 Å². The largest absolute Gasteiger partial charge is 0.339 e. The zero-order valence-electron chi connectivity index (χ0n) is 8.11. The number of aryl methyl sites for hydroxylation is 1. The molecule has 0 aromatic carbocycles. The molecular weight excluding hydrogens is 198 g/mol. The third-order valence-electron chi connectivity index (χ3n) is 2.37. The number of thioether (sulfide) groups is 1. The Balaban J connectivity index is 1.94. The summed E-state index contributed by atoms with van der Waals surface area (Å²) in [5, 5.41) is 3.95. The van der Waals surface area contributed by atoms with Crippen molar-refractivity contribution in [3.63, 3.8) is 0 Å². The molecule has 2 heterocycles. The van der Waals surface area contributed by atoms with Crippen molar-refractivity contribution in [3.8, 4) is 0 Å². The van der Waals surface area contributed by atoms with Crippen LogP contribution in [-0.4, -0.2) is 28.2 Å². The van der Waals surface area contributed by atoms with Crippen LogP contribution in [0, 0.1) is 0 Å². The van der Waals surface area contributed by atoms with Gasteiger partial charge in [-0.2, -0.15) is 16.7 Å². The minimum absolute atomic E-state index is 0.485. The lowest BCUT2D eigenvalue weighted by molar-refractivity contribution is 0.356. The molecule has 78 valence electrons. The number of aromatic nitrogens is 2. The summed E-state index contributed by atoms with van der Waals surface area (Å²) in [6, 6.07) is 0. The zero-order valence-corrected chi connectivity index (χ0v) is 8.92. The molecule has 1 atom stereocenters. The lowest BCUT2D eigenvalue weighted by Gasteiger charge is -1.98. The molecular formula is C9H15N3OS. The average molecular weight is 213 g/mol. The second-order valence-corrected chi connectivity index (χ2v) is 4.65. The maximum absolute atomic E-state index is 5.42. The second kappa shape index (κ2) is 4.79. The van der Waals surface area contributed by atoms with Crippen molar-refractivity contribution in [2.24, 2.45) is 5.73 Å². The number of rotatable bonds is 4. The van der Waals surface area contributed by atoms with Crippen LogP contribution in [0.15, 0.2) is 4.52 Å². The van der Waals surface area contributed by atoms with Crippen LogP contribution in [0.25, 0.3) is 0 Å². The predicted molar refractivity (Wildman–Crippen MR) is 56.4 cm³/mol. The molecule has 0 spiro atoms. The Bertz CT molecular complexity index is 283. The predicted octanol–water partition coefficient (Wildman–Crippen LogP) is 1.18. The molecule has 0 bridgehead atoms. The van der Waals surface area contributed by atoms with Crippen LogP contribution in [0.3, 0.4) is 0 Å². The summed E-state index contributed by atoms with van der Waals surface area (Å²) in [5.41, 5.74) is 5.42. The maximum atomic E-state index is 5.42. The van der Waals surface area contributed by atoms with Crippen molar-refractivity contribution in [1.82, 2.24) is 10.1 Å². The SMILES string of the molecule is NCCCc1noc(C2CCSC2)n1. The van der Waals surface area contributed by atoms with Crippen molar-refractivity contribution in [2.75, 3.05) is 18.1 Å². The van der Waals surface area contributed by atoms with Gasteiger partial charge in [0.05, 0.1) is 0 Å². The minimum Gasteiger partial charge on any atom is -0.339 e. The van der Waals surface area contributed by atoms with Crippen LogP contribution >= 0.6 is 11.8 Å². The van der Waals surface area contributed by atoms with E-state index in [1.54, 1.807) is 0 Å². The summed E-state index contributed by atoms with van der Waals surface area (Å²) in [6.07, 6.45) is 2.93. The fourth-order valence-corrected chi connectivity index (χ4v) is 2.74. The van der Waals surface area contributed by atoms with Crippen LogP contribution in [0.2, 0.25) is 0 Å². The van der Waals surface area contributed by atoms with Crippen molar-refractivity contribution in [3.05, 3.63) is 11.7 Å². The number of nitrogens with two attached hydrogens (primary N) is 1. The minimum atomic E-state index is 0.485. The molecule has 1 fully saturated rings. The van der Waals surface area contributed by atoms with E-state index in [1.807, 2.05) is 11.8 Å². The molecule has 1 aliphatic rings. The van der Waals surface area contributed by atoms with Crippen LogP contribution < -0.4 is 5.73 Å². The summed E-state index contributed by atoms with van der Waals surface area (Å²) in [6.45, 7) is 0.684. The van der Waals surface area contributed by atoms with Crippen LogP contribution in [0.1, 0.15) is 30.5 Å². The highest BCUT2D eigenvalue weighted by Gasteiger charge is 2.23. The molecule has 5 heteroatoms. The van der Waals surface area contributed by atoms with Crippen LogP contribution in [0.4, 0.5) is 0 Å². The lowest BCUT2D eigenvalue weighted by Crippen LogP contribution is -2.02. The Labute approximate surface area is 87.6 Å². The smallest absolute Gasteiger partial charge is 0.230 e. The van der Waals surface area contributed by atoms with Gasteiger partial charge in [0.25, 0.3) is 0 Å². The topological polar surface area (TPSA) is 64.9 Å². The zero-order chi connectivity index (χ0) is 9.80. The van der Waals surface area contributed by atoms with E-state index in [1.165, 1.54) is 12.2 Å². The molecule has 14 heavy (non-hydrogen) atoms. The summed E-state index contributed by atoms with van der Waals surface area (Å²) < 4.78 is 5.23. The van der Waals surface area contributed by atoms with Gasteiger partial charge in [-0.1, -0.05) is 5.16 Å². The van der Waals surface area contributed by atoms with E-state index < -0.39 is 0 Å². The molecule has 0 aliphatic carbocycles. The molecule has 0 amide bonds. The van der Waals surface area contributed by atoms with Crippen molar-refractivity contribution < 1.29 is 4.52 Å². The van der Waals surface area contributed by atoms with Gasteiger partial charge in [0.2, 0.25) is 5.89 Å². The molecule has 2 rings (SSSR count). The fraction of sp³-hybridized carbons (Fsp3) is 0.778. The molecule has 1 unspecified atom stereocenters. The van der Waals surface area contributed by atoms with Crippen LogP contribution in [-0.2, 0) is 6.42 Å². The highest BCUT2D eigenvalue weighted by molar-refractivity contribution is 7.99. The van der Waals surface area contributed by atoms with Crippen LogP contribution in [0.5, 0.6) is 0 Å². The first-order valence-corrected chi connectivity index (χ1v) is 6.16. The van der Waals surface area contributed by atoms with E-state index in [0.717, 1.165) is 30.3 Å². The molecule has 2 N–H and O–H groups in total. The van der Waals surface area contributed by atoms with E-state index in [-0.39, 0.29) is 0 Å². The monoisotopic (exact) mass is 213 g/mol. The standard InChI is InChI=1S/C9H15N3OS/c10-4-1-2-8-11-9(13-12-8)7-3-5-14-6-7/h7H,1-6,10H2. The van der Waals surface area contributed by atoms with Crippen molar-refractivity contribution >= 4 is 11.8 Å². The quantitative estimate of drug-likeness (QED) is 0.813. The average Bonchev–Trinajstić information content (AvgIpc) is 2.85. The van der Waals surface area contributed by atoms with Gasteiger partial charge in [0.1, 0.15) is 0 Å². The van der Waals surface area contributed by atoms with E-state index in [0.29, 0.717) is 12.5 Å². The Morgan fingerprint density at radius 2 is 2.50 bits per heavy atom. The molecule has 1 aromatic rings. The Kier molecular flexibility index (Phi) is 3.42. The van der Waals surface area contributed by atoms with Crippen molar-refractivity contribution in [2.45, 2.75) is 25.2 Å². The summed E-state index contributed by atoms with van der Waals surface area (Å²) in [4.78, 5) is 4.38. The number of hydrogen-bond donors (Lipinski definition) is 1. The second-order valence-electron chi connectivity index (χ2n) is 3.50. The van der Waals surface area contributed by atoms with E-state index in [4.69, 9.17) is 10.3 Å². The normalized spacial score (nSPS) is 21.6. The van der Waals surface area contributed by atoms with E-state index >= 15 is 0 Å².